The molecule has 0 saturated carbocycles. The fraction of sp³-hybridized carbons (Fsp3) is 0.385. The van der Waals surface area contributed by atoms with Crippen LogP contribution in [-0.4, -0.2) is 63.9 Å². The molecule has 3 aromatic rings. The van der Waals surface area contributed by atoms with E-state index in [1.165, 1.54) is 4.68 Å². The Bertz CT molecular complexity index is 1340. The van der Waals surface area contributed by atoms with E-state index in [4.69, 9.17) is 32.7 Å². The first-order valence-corrected chi connectivity index (χ1v) is 14.2. The summed E-state index contributed by atoms with van der Waals surface area (Å²) in [4.78, 5) is 31.2. The molecule has 0 atom stereocenters. The second-order valence-electron chi connectivity index (χ2n) is 9.23. The number of carbonyl (C=O) groups is 2. The summed E-state index contributed by atoms with van der Waals surface area (Å²) in [6.45, 7) is 3.69. The number of pyridine rings is 1. The molecule has 2 amide bonds. The van der Waals surface area contributed by atoms with Gasteiger partial charge in [-0.2, -0.15) is 11.8 Å². The molecule has 2 aliphatic rings. The Morgan fingerprint density at radius 1 is 1.18 bits per heavy atom. The molecule has 2 fully saturated rings. The molecule has 200 valence electrons. The third kappa shape index (κ3) is 6.09. The number of nitrogens with zero attached hydrogens (tertiary/aromatic N) is 3. The zero-order chi connectivity index (χ0) is 26.6. The minimum absolute atomic E-state index is 0.0306. The number of hydrogen-bond acceptors (Lipinski definition) is 7. The van der Waals surface area contributed by atoms with E-state index in [2.05, 4.69) is 20.7 Å². The molecule has 2 aromatic heterocycles. The molecule has 12 heteroatoms. The number of nitrogens with one attached hydrogen (secondary N) is 2. The molecule has 4 heterocycles. The third-order valence-electron chi connectivity index (χ3n) is 6.43. The molecule has 0 bridgehead atoms. The molecule has 2 aliphatic heterocycles. The van der Waals surface area contributed by atoms with E-state index in [9.17, 15) is 9.59 Å². The van der Waals surface area contributed by atoms with Crippen molar-refractivity contribution < 1.29 is 19.1 Å². The zero-order valence-corrected chi connectivity index (χ0v) is 23.0. The van der Waals surface area contributed by atoms with Crippen LogP contribution in [0.5, 0.6) is 5.88 Å². The Labute approximate surface area is 234 Å². The summed E-state index contributed by atoms with van der Waals surface area (Å²) in [7, 11) is 0. The van der Waals surface area contributed by atoms with Gasteiger partial charge < -0.3 is 20.1 Å². The molecule has 9 nitrogen and oxygen atoms in total. The number of ether oxygens (including phenoxy) is 2. The molecule has 2 N–H and O–H groups in total. The van der Waals surface area contributed by atoms with Crippen LogP contribution in [0, 0.1) is 12.8 Å². The highest BCUT2D eigenvalue weighted by atomic mass is 35.5. The largest absolute Gasteiger partial charge is 0.472 e. The van der Waals surface area contributed by atoms with Gasteiger partial charge >= 0.3 is 0 Å². The molecular formula is C26H27Cl2N5O4S. The van der Waals surface area contributed by atoms with E-state index in [1.807, 2.05) is 0 Å². The second-order valence-corrected chi connectivity index (χ2v) is 11.1. The number of benzene rings is 1. The predicted octanol–water partition coefficient (Wildman–Crippen LogP) is 4.79. The number of rotatable bonds is 8. The molecule has 1 aromatic carbocycles. The highest BCUT2D eigenvalue weighted by Crippen LogP contribution is 2.29. The summed E-state index contributed by atoms with van der Waals surface area (Å²) >= 11 is 14.5. The van der Waals surface area contributed by atoms with Crippen molar-refractivity contribution in [3.63, 3.8) is 0 Å². The van der Waals surface area contributed by atoms with Crippen LogP contribution in [0.2, 0.25) is 10.0 Å². The van der Waals surface area contributed by atoms with Crippen LogP contribution in [0.25, 0.3) is 5.82 Å². The number of aromatic nitrogens is 3. The maximum Gasteiger partial charge on any atom is 0.274 e. The van der Waals surface area contributed by atoms with Crippen molar-refractivity contribution >= 4 is 52.5 Å². The number of halogens is 2. The molecule has 0 aliphatic carbocycles. The van der Waals surface area contributed by atoms with Crippen LogP contribution >= 0.6 is 35.0 Å². The van der Waals surface area contributed by atoms with E-state index in [-0.39, 0.29) is 23.3 Å². The number of thioether (sulfide) groups is 1. The third-order valence-corrected chi connectivity index (χ3v) is 8.16. The normalized spacial score (nSPS) is 16.1. The number of carbonyl (C=O) groups excluding carboxylic acids is 2. The van der Waals surface area contributed by atoms with Crippen molar-refractivity contribution in [3.05, 3.63) is 63.4 Å². The van der Waals surface area contributed by atoms with Gasteiger partial charge in [-0.3, -0.25) is 9.59 Å². The predicted molar refractivity (Wildman–Crippen MR) is 148 cm³/mol. The first-order valence-electron chi connectivity index (χ1n) is 12.3. The summed E-state index contributed by atoms with van der Waals surface area (Å²) in [5.74, 6) is 1.83. The van der Waals surface area contributed by atoms with Gasteiger partial charge in [0.25, 0.3) is 11.8 Å². The Kier molecular flexibility index (Phi) is 8.42. The van der Waals surface area contributed by atoms with Crippen LogP contribution in [0.3, 0.4) is 0 Å². The highest BCUT2D eigenvalue weighted by Gasteiger charge is 2.26. The van der Waals surface area contributed by atoms with Crippen molar-refractivity contribution in [2.75, 3.05) is 36.6 Å². The first-order chi connectivity index (χ1) is 18.4. The van der Waals surface area contributed by atoms with Crippen molar-refractivity contribution in [1.29, 1.82) is 0 Å². The van der Waals surface area contributed by atoms with Gasteiger partial charge in [0.05, 0.1) is 16.3 Å². The van der Waals surface area contributed by atoms with Crippen molar-refractivity contribution in [2.45, 2.75) is 25.9 Å². The average molecular weight is 577 g/mol. The van der Waals surface area contributed by atoms with Crippen LogP contribution in [0.15, 0.2) is 36.5 Å². The monoisotopic (exact) mass is 575 g/mol. The summed E-state index contributed by atoms with van der Waals surface area (Å²) in [5.41, 5.74) is 1.45. The lowest BCUT2D eigenvalue weighted by atomic mass is 10.00. The quantitative estimate of drug-likeness (QED) is 0.397. The van der Waals surface area contributed by atoms with E-state index in [0.29, 0.717) is 58.7 Å². The van der Waals surface area contributed by atoms with Crippen LogP contribution in [-0.2, 0) is 4.74 Å². The minimum atomic E-state index is -0.499. The highest BCUT2D eigenvalue weighted by molar-refractivity contribution is 8.00. The van der Waals surface area contributed by atoms with Crippen LogP contribution < -0.4 is 15.4 Å². The average Bonchev–Trinajstić information content (AvgIpc) is 3.31. The van der Waals surface area contributed by atoms with Gasteiger partial charge in [-0.05, 0) is 55.5 Å². The number of amides is 2. The lowest BCUT2D eigenvalue weighted by Gasteiger charge is -2.24. The van der Waals surface area contributed by atoms with Gasteiger partial charge in [0.2, 0.25) is 5.88 Å². The Balaban J connectivity index is 1.42. The number of hydrogen-bond donors (Lipinski definition) is 2. The van der Waals surface area contributed by atoms with Gasteiger partial charge in [-0.25, -0.2) is 9.67 Å². The Hall–Kier alpha value is -2.79. The molecule has 0 radical (unpaired) electrons. The molecule has 38 heavy (non-hydrogen) atoms. The first kappa shape index (κ1) is 26.8. The van der Waals surface area contributed by atoms with Crippen LogP contribution in [0.4, 0.5) is 5.69 Å². The fourth-order valence-corrected chi connectivity index (χ4v) is 5.31. The van der Waals surface area contributed by atoms with E-state index >= 15 is 0 Å². The lowest BCUT2D eigenvalue weighted by molar-refractivity contribution is 0.0643. The van der Waals surface area contributed by atoms with Gasteiger partial charge in [-0.1, -0.05) is 23.2 Å². The summed E-state index contributed by atoms with van der Waals surface area (Å²) < 4.78 is 12.7. The standard InChI is InChI=1S/C26H27Cl2N5O4S/c1-15-9-17(27)10-19(25(34)30-12-16-4-7-36-8-5-16)23(15)31-26(35)21-11-22(37-18-13-38-14-18)32-33(21)24-20(28)3-2-6-29-24/h2-3,6,9-11,16,18H,4-5,7-8,12-14H2,1H3,(H,30,34)(H,31,35). The number of aryl methyl sites for hydroxylation is 1. The summed E-state index contributed by atoms with van der Waals surface area (Å²) in [5, 5.41) is 11.1. The van der Waals surface area contributed by atoms with Crippen molar-refractivity contribution in [3.8, 4) is 11.7 Å². The summed E-state index contributed by atoms with van der Waals surface area (Å²) in [6.07, 6.45) is 3.38. The number of anilines is 1. The molecule has 5 rings (SSSR count). The molecular weight excluding hydrogens is 549 g/mol. The van der Waals surface area contributed by atoms with Crippen molar-refractivity contribution in [1.82, 2.24) is 20.1 Å². The minimum Gasteiger partial charge on any atom is -0.472 e. The Morgan fingerprint density at radius 3 is 2.68 bits per heavy atom. The van der Waals surface area contributed by atoms with Gasteiger partial charge in [-0.15, -0.1) is 5.10 Å². The molecule has 2 saturated heterocycles. The smallest absolute Gasteiger partial charge is 0.274 e. The van der Waals surface area contributed by atoms with E-state index in [0.717, 1.165) is 24.3 Å². The SMILES string of the molecule is Cc1cc(Cl)cc(C(=O)NCC2CCOCC2)c1NC(=O)c1cc(OC2CSC2)nn1-c1ncccc1Cl. The molecule has 0 spiro atoms. The van der Waals surface area contributed by atoms with Crippen molar-refractivity contribution in [2.24, 2.45) is 5.92 Å². The maximum atomic E-state index is 13.6. The lowest BCUT2D eigenvalue weighted by Crippen LogP contribution is -2.33. The van der Waals surface area contributed by atoms with E-state index in [1.54, 1.807) is 55.2 Å². The zero-order valence-electron chi connectivity index (χ0n) is 20.7. The second kappa shape index (κ2) is 11.9. The topological polar surface area (TPSA) is 107 Å². The van der Waals surface area contributed by atoms with E-state index < -0.39 is 5.91 Å². The van der Waals surface area contributed by atoms with Gasteiger partial charge in [0.15, 0.2) is 5.82 Å². The van der Waals surface area contributed by atoms with Gasteiger partial charge in [0, 0.05) is 48.6 Å². The maximum absolute atomic E-state index is 13.6. The Morgan fingerprint density at radius 2 is 1.97 bits per heavy atom. The molecule has 0 unspecified atom stereocenters. The van der Waals surface area contributed by atoms with Gasteiger partial charge in [0.1, 0.15) is 11.8 Å². The van der Waals surface area contributed by atoms with Crippen LogP contribution in [0.1, 0.15) is 39.3 Å². The summed E-state index contributed by atoms with van der Waals surface area (Å²) in [6, 6.07) is 8.17. The fourth-order valence-electron chi connectivity index (χ4n) is 4.27.